The summed E-state index contributed by atoms with van der Waals surface area (Å²) >= 11 is 0. The van der Waals surface area contributed by atoms with Crippen LogP contribution in [0.2, 0.25) is 0 Å². The molecular weight excluding hydrogens is 132 g/mol. The van der Waals surface area contributed by atoms with Crippen molar-refractivity contribution in [3.63, 3.8) is 0 Å². The Morgan fingerprint density at radius 2 is 2.40 bits per heavy atom. The highest BCUT2D eigenvalue weighted by Gasteiger charge is 2.04. The lowest BCUT2D eigenvalue weighted by atomic mass is 10.3. The van der Waals surface area contributed by atoms with Crippen LogP contribution in [-0.2, 0) is 9.88 Å². The monoisotopic (exact) mass is 146 g/mol. The van der Waals surface area contributed by atoms with E-state index < -0.39 is 0 Å². The van der Waals surface area contributed by atoms with Gasteiger partial charge < -0.3 is 0 Å². The zero-order valence-electron chi connectivity index (χ0n) is 6.30. The van der Waals surface area contributed by atoms with Crippen LogP contribution in [0.15, 0.2) is 0 Å². The van der Waals surface area contributed by atoms with Crippen LogP contribution in [0.5, 0.6) is 0 Å². The molecule has 0 bridgehead atoms. The quantitative estimate of drug-likeness (QED) is 0.545. The van der Waals surface area contributed by atoms with E-state index in [4.69, 9.17) is 4.89 Å². The Labute approximate surface area is 60.9 Å². The summed E-state index contributed by atoms with van der Waals surface area (Å²) in [5.74, 6) is 0. The van der Waals surface area contributed by atoms with Gasteiger partial charge in [0.15, 0.2) is 0 Å². The molecule has 1 saturated heterocycles. The van der Waals surface area contributed by atoms with Gasteiger partial charge in [-0.2, -0.15) is 0 Å². The first-order valence-electron chi connectivity index (χ1n) is 3.72. The number of hydrogen-bond acceptors (Lipinski definition) is 4. The van der Waals surface area contributed by atoms with Crippen molar-refractivity contribution in [3.05, 3.63) is 0 Å². The van der Waals surface area contributed by atoms with E-state index in [9.17, 15) is 0 Å². The number of rotatable bonds is 1. The fraction of sp³-hybridized carbons (Fsp3) is 1.00. The molecule has 0 radical (unpaired) electrons. The molecule has 1 fully saturated rings. The number of hydrazine groups is 1. The van der Waals surface area contributed by atoms with Crippen LogP contribution < -0.4 is 5.59 Å². The van der Waals surface area contributed by atoms with Crippen LogP contribution in [0.4, 0.5) is 0 Å². The van der Waals surface area contributed by atoms with E-state index in [2.05, 4.69) is 17.5 Å². The maximum absolute atomic E-state index is 4.75. The summed E-state index contributed by atoms with van der Waals surface area (Å²) in [7, 11) is 0. The predicted octanol–water partition coefficient (Wildman–Crippen LogP) is 0.470. The summed E-state index contributed by atoms with van der Waals surface area (Å²) < 4.78 is 0. The van der Waals surface area contributed by atoms with Crippen LogP contribution in [0.1, 0.15) is 19.8 Å². The zero-order valence-corrected chi connectivity index (χ0v) is 6.30. The molecule has 0 aliphatic carbocycles. The SMILES string of the molecule is CCN1CCCCOON1. The van der Waals surface area contributed by atoms with Crippen molar-refractivity contribution in [1.82, 2.24) is 10.6 Å². The first-order chi connectivity index (χ1) is 4.93. The lowest BCUT2D eigenvalue weighted by molar-refractivity contribution is -0.374. The molecule has 4 heteroatoms. The van der Waals surface area contributed by atoms with Gasteiger partial charge in [-0.1, -0.05) is 6.92 Å². The third kappa shape index (κ3) is 2.62. The van der Waals surface area contributed by atoms with Crippen LogP contribution in [0, 0.1) is 0 Å². The van der Waals surface area contributed by atoms with Crippen molar-refractivity contribution < 1.29 is 9.88 Å². The third-order valence-corrected chi connectivity index (χ3v) is 1.51. The van der Waals surface area contributed by atoms with Crippen LogP contribution in [0.25, 0.3) is 0 Å². The Morgan fingerprint density at radius 1 is 1.50 bits per heavy atom. The predicted molar refractivity (Wildman–Crippen MR) is 36.7 cm³/mol. The van der Waals surface area contributed by atoms with Gasteiger partial charge in [-0.05, 0) is 12.8 Å². The smallest absolute Gasteiger partial charge is 0.0843 e. The molecule has 1 aliphatic heterocycles. The normalized spacial score (nSPS) is 23.7. The Morgan fingerprint density at radius 3 is 3.20 bits per heavy atom. The average Bonchev–Trinajstić information content (AvgIpc) is 1.87. The van der Waals surface area contributed by atoms with E-state index in [0.29, 0.717) is 6.61 Å². The molecule has 0 unspecified atom stereocenters. The van der Waals surface area contributed by atoms with Gasteiger partial charge in [-0.15, -0.1) is 10.6 Å². The lowest BCUT2D eigenvalue weighted by Gasteiger charge is -2.21. The van der Waals surface area contributed by atoms with E-state index in [1.165, 1.54) is 0 Å². The highest BCUT2D eigenvalue weighted by Crippen LogP contribution is 1.96. The van der Waals surface area contributed by atoms with Gasteiger partial charge in [0.2, 0.25) is 0 Å². The standard InChI is InChI=1S/C6H14N2O2/c1-2-8-5-3-4-6-9-10-7-8/h7H,2-6H2,1H3. The van der Waals surface area contributed by atoms with Crippen LogP contribution >= 0.6 is 0 Å². The number of nitrogens with one attached hydrogen (secondary N) is 1. The Kier molecular flexibility index (Phi) is 3.67. The molecule has 10 heavy (non-hydrogen) atoms. The van der Waals surface area contributed by atoms with E-state index in [0.717, 1.165) is 25.9 Å². The molecule has 0 spiro atoms. The number of nitrogens with zero attached hydrogens (tertiary/aromatic N) is 1. The molecule has 0 aromatic heterocycles. The molecule has 0 aromatic rings. The second-order valence-electron chi connectivity index (χ2n) is 2.28. The van der Waals surface area contributed by atoms with Gasteiger partial charge in [0.1, 0.15) is 0 Å². The van der Waals surface area contributed by atoms with E-state index in [-0.39, 0.29) is 0 Å². The highest BCUT2D eigenvalue weighted by molar-refractivity contribution is 4.46. The number of hydrogen-bond donors (Lipinski definition) is 1. The second-order valence-corrected chi connectivity index (χ2v) is 2.28. The van der Waals surface area contributed by atoms with Gasteiger partial charge in [0.05, 0.1) is 6.61 Å². The minimum absolute atomic E-state index is 0.685. The maximum atomic E-state index is 4.75. The van der Waals surface area contributed by atoms with Gasteiger partial charge >= 0.3 is 0 Å². The van der Waals surface area contributed by atoms with Gasteiger partial charge in [-0.3, -0.25) is 0 Å². The van der Waals surface area contributed by atoms with Crippen LogP contribution in [-0.4, -0.2) is 24.7 Å². The fourth-order valence-electron chi connectivity index (χ4n) is 0.853. The minimum atomic E-state index is 0.685. The Hall–Kier alpha value is -0.160. The molecule has 0 saturated carbocycles. The van der Waals surface area contributed by atoms with Crippen molar-refractivity contribution in [1.29, 1.82) is 0 Å². The molecule has 0 aromatic carbocycles. The molecule has 1 rings (SSSR count). The molecule has 1 heterocycles. The molecule has 0 amide bonds. The first-order valence-corrected chi connectivity index (χ1v) is 3.72. The van der Waals surface area contributed by atoms with Crippen molar-refractivity contribution in [2.75, 3.05) is 19.7 Å². The third-order valence-electron chi connectivity index (χ3n) is 1.51. The van der Waals surface area contributed by atoms with Crippen molar-refractivity contribution in [2.24, 2.45) is 0 Å². The molecule has 1 N–H and O–H groups in total. The van der Waals surface area contributed by atoms with Gasteiger partial charge in [-0.25, -0.2) is 9.90 Å². The molecule has 60 valence electrons. The molecule has 0 atom stereocenters. The molecule has 4 nitrogen and oxygen atoms in total. The first kappa shape index (κ1) is 7.94. The van der Waals surface area contributed by atoms with E-state index >= 15 is 0 Å². The molecular formula is C6H14N2O2. The largest absolute Gasteiger partial charge is 0.219 e. The summed E-state index contributed by atoms with van der Waals surface area (Å²) in [6, 6.07) is 0. The average molecular weight is 146 g/mol. The lowest BCUT2D eigenvalue weighted by Crippen LogP contribution is -2.39. The molecule has 1 aliphatic rings. The van der Waals surface area contributed by atoms with Crippen molar-refractivity contribution in [2.45, 2.75) is 19.8 Å². The maximum Gasteiger partial charge on any atom is 0.0843 e. The second kappa shape index (κ2) is 4.62. The van der Waals surface area contributed by atoms with Crippen molar-refractivity contribution in [3.8, 4) is 0 Å². The van der Waals surface area contributed by atoms with E-state index in [1.807, 2.05) is 5.01 Å². The summed E-state index contributed by atoms with van der Waals surface area (Å²) in [6.07, 6.45) is 2.22. The highest BCUT2D eigenvalue weighted by atomic mass is 17.3. The topological polar surface area (TPSA) is 33.7 Å². The Balaban J connectivity index is 2.16. The van der Waals surface area contributed by atoms with Crippen LogP contribution in [0.3, 0.4) is 0 Å². The summed E-state index contributed by atoms with van der Waals surface area (Å²) in [4.78, 5) is 9.41. The van der Waals surface area contributed by atoms with Crippen molar-refractivity contribution >= 4 is 0 Å². The van der Waals surface area contributed by atoms with Gasteiger partial charge in [0, 0.05) is 13.1 Å². The summed E-state index contributed by atoms with van der Waals surface area (Å²) in [6.45, 7) is 4.71. The Bertz CT molecular complexity index is 81.8. The van der Waals surface area contributed by atoms with Gasteiger partial charge in [0.25, 0.3) is 0 Å². The zero-order chi connectivity index (χ0) is 7.23. The summed E-state index contributed by atoms with van der Waals surface area (Å²) in [5, 5.41) is 1.97. The fourth-order valence-corrected chi connectivity index (χ4v) is 0.853. The minimum Gasteiger partial charge on any atom is -0.219 e. The summed E-state index contributed by atoms with van der Waals surface area (Å²) in [5.41, 5.74) is 2.68. The van der Waals surface area contributed by atoms with E-state index in [1.54, 1.807) is 0 Å².